The predicted molar refractivity (Wildman–Crippen MR) is 81.2 cm³/mol. The second-order valence-electron chi connectivity index (χ2n) is 4.92. The Bertz CT molecular complexity index is 567. The molecule has 2 rings (SSSR count). The zero-order valence-electron chi connectivity index (χ0n) is 12.0. The van der Waals surface area contributed by atoms with Crippen molar-refractivity contribution >= 4 is 0 Å². The maximum absolute atomic E-state index is 9.70. The molecule has 106 valence electrons. The minimum Gasteiger partial charge on any atom is -0.504 e. The Labute approximate surface area is 120 Å². The smallest absolute Gasteiger partial charge is 0.160 e. The second-order valence-corrected chi connectivity index (χ2v) is 4.92. The van der Waals surface area contributed by atoms with Gasteiger partial charge in [0.2, 0.25) is 0 Å². The molecule has 0 amide bonds. The molecule has 0 bridgehead atoms. The average Bonchev–Trinajstić information content (AvgIpc) is 2.44. The fourth-order valence-electron chi connectivity index (χ4n) is 2.18. The van der Waals surface area contributed by atoms with Crippen molar-refractivity contribution in [2.45, 2.75) is 19.9 Å². The SMILES string of the molecule is COc1ccc(CNCCc2cccc(C)c2)cc1O. The highest BCUT2D eigenvalue weighted by molar-refractivity contribution is 5.41. The molecular formula is C17H21NO2. The molecule has 2 aromatic rings. The first kappa shape index (κ1) is 14.4. The summed E-state index contributed by atoms with van der Waals surface area (Å²) in [6.07, 6.45) is 1.00. The highest BCUT2D eigenvalue weighted by Gasteiger charge is 2.02. The highest BCUT2D eigenvalue weighted by Crippen LogP contribution is 2.25. The van der Waals surface area contributed by atoms with Crippen molar-refractivity contribution in [1.82, 2.24) is 5.32 Å². The molecule has 0 atom stereocenters. The van der Waals surface area contributed by atoms with E-state index in [0.717, 1.165) is 25.1 Å². The lowest BCUT2D eigenvalue weighted by atomic mass is 10.1. The normalized spacial score (nSPS) is 10.5. The highest BCUT2D eigenvalue weighted by atomic mass is 16.5. The molecule has 3 heteroatoms. The summed E-state index contributed by atoms with van der Waals surface area (Å²) >= 11 is 0. The van der Waals surface area contributed by atoms with Crippen LogP contribution in [0.15, 0.2) is 42.5 Å². The summed E-state index contributed by atoms with van der Waals surface area (Å²) in [5.41, 5.74) is 3.69. The minimum atomic E-state index is 0.186. The molecule has 0 heterocycles. The number of hydrogen-bond acceptors (Lipinski definition) is 3. The fraction of sp³-hybridized carbons (Fsp3) is 0.294. The summed E-state index contributed by atoms with van der Waals surface area (Å²) in [6.45, 7) is 3.76. The molecule has 0 aromatic heterocycles. The summed E-state index contributed by atoms with van der Waals surface area (Å²) in [5.74, 6) is 0.694. The maximum atomic E-state index is 9.70. The van der Waals surface area contributed by atoms with Crippen LogP contribution >= 0.6 is 0 Å². The second kappa shape index (κ2) is 6.96. The Kier molecular flexibility index (Phi) is 5.02. The van der Waals surface area contributed by atoms with E-state index < -0.39 is 0 Å². The predicted octanol–water partition coefficient (Wildman–Crippen LogP) is 3.04. The van der Waals surface area contributed by atoms with Gasteiger partial charge in [0.1, 0.15) is 0 Å². The van der Waals surface area contributed by atoms with Crippen molar-refractivity contribution in [3.8, 4) is 11.5 Å². The third-order valence-corrected chi connectivity index (χ3v) is 3.25. The standard InChI is InChI=1S/C17H21NO2/c1-13-4-3-5-14(10-13)8-9-18-12-15-6-7-17(20-2)16(19)11-15/h3-7,10-11,18-19H,8-9,12H2,1-2H3. The van der Waals surface area contributed by atoms with Crippen molar-refractivity contribution in [2.75, 3.05) is 13.7 Å². The van der Waals surface area contributed by atoms with E-state index in [1.54, 1.807) is 19.2 Å². The molecule has 0 saturated heterocycles. The van der Waals surface area contributed by atoms with Crippen molar-refractivity contribution in [3.05, 3.63) is 59.2 Å². The van der Waals surface area contributed by atoms with E-state index in [9.17, 15) is 5.11 Å². The minimum absolute atomic E-state index is 0.186. The molecule has 2 aromatic carbocycles. The Hall–Kier alpha value is -2.00. The lowest BCUT2D eigenvalue weighted by molar-refractivity contribution is 0.373. The van der Waals surface area contributed by atoms with Crippen LogP contribution in [-0.4, -0.2) is 18.8 Å². The topological polar surface area (TPSA) is 41.5 Å². The molecule has 0 aliphatic carbocycles. The summed E-state index contributed by atoms with van der Waals surface area (Å²) in [5, 5.41) is 13.1. The van der Waals surface area contributed by atoms with Crippen LogP contribution in [0.4, 0.5) is 0 Å². The van der Waals surface area contributed by atoms with Gasteiger partial charge in [-0.25, -0.2) is 0 Å². The number of phenols is 1. The van der Waals surface area contributed by atoms with Gasteiger partial charge in [-0.3, -0.25) is 0 Å². The fourth-order valence-corrected chi connectivity index (χ4v) is 2.18. The van der Waals surface area contributed by atoms with E-state index >= 15 is 0 Å². The van der Waals surface area contributed by atoms with Gasteiger partial charge in [0.05, 0.1) is 7.11 Å². The quantitative estimate of drug-likeness (QED) is 0.793. The van der Waals surface area contributed by atoms with Gasteiger partial charge in [0.15, 0.2) is 11.5 Å². The lowest BCUT2D eigenvalue weighted by Crippen LogP contribution is -2.16. The summed E-state index contributed by atoms with van der Waals surface area (Å²) in [7, 11) is 1.55. The molecule has 0 unspecified atom stereocenters. The van der Waals surface area contributed by atoms with E-state index in [2.05, 4.69) is 36.5 Å². The zero-order valence-corrected chi connectivity index (χ0v) is 12.0. The first-order valence-corrected chi connectivity index (χ1v) is 6.81. The largest absolute Gasteiger partial charge is 0.504 e. The van der Waals surface area contributed by atoms with Gasteiger partial charge in [0, 0.05) is 6.54 Å². The van der Waals surface area contributed by atoms with Gasteiger partial charge in [-0.1, -0.05) is 35.9 Å². The van der Waals surface area contributed by atoms with E-state index in [0.29, 0.717) is 5.75 Å². The Morgan fingerprint density at radius 2 is 1.95 bits per heavy atom. The number of phenolic OH excluding ortho intramolecular Hbond substituents is 1. The number of methoxy groups -OCH3 is 1. The monoisotopic (exact) mass is 271 g/mol. The van der Waals surface area contributed by atoms with Gasteiger partial charge in [-0.2, -0.15) is 0 Å². The van der Waals surface area contributed by atoms with E-state index in [1.807, 2.05) is 6.07 Å². The van der Waals surface area contributed by atoms with Crippen molar-refractivity contribution < 1.29 is 9.84 Å². The van der Waals surface area contributed by atoms with Crippen LogP contribution in [0.2, 0.25) is 0 Å². The van der Waals surface area contributed by atoms with Crippen LogP contribution in [0.5, 0.6) is 11.5 Å². The first-order chi connectivity index (χ1) is 9.69. The molecule has 0 saturated carbocycles. The van der Waals surface area contributed by atoms with Crippen LogP contribution in [0, 0.1) is 6.92 Å². The van der Waals surface area contributed by atoms with E-state index in [4.69, 9.17) is 4.74 Å². The number of benzene rings is 2. The van der Waals surface area contributed by atoms with Gasteiger partial charge in [0.25, 0.3) is 0 Å². The molecule has 0 spiro atoms. The molecule has 0 radical (unpaired) electrons. The summed E-state index contributed by atoms with van der Waals surface area (Å²) < 4.78 is 5.02. The van der Waals surface area contributed by atoms with Crippen molar-refractivity contribution in [3.63, 3.8) is 0 Å². The molecule has 20 heavy (non-hydrogen) atoms. The Morgan fingerprint density at radius 1 is 1.10 bits per heavy atom. The summed E-state index contributed by atoms with van der Waals surface area (Å²) in [6, 6.07) is 14.0. The van der Waals surface area contributed by atoms with Crippen LogP contribution in [-0.2, 0) is 13.0 Å². The van der Waals surface area contributed by atoms with Gasteiger partial charge in [-0.05, 0) is 43.1 Å². The molecule has 0 aliphatic heterocycles. The Balaban J connectivity index is 1.80. The maximum Gasteiger partial charge on any atom is 0.160 e. The summed E-state index contributed by atoms with van der Waals surface area (Å²) in [4.78, 5) is 0. The average molecular weight is 271 g/mol. The lowest BCUT2D eigenvalue weighted by Gasteiger charge is -2.08. The third-order valence-electron chi connectivity index (χ3n) is 3.25. The third kappa shape index (κ3) is 4.00. The van der Waals surface area contributed by atoms with Crippen molar-refractivity contribution in [1.29, 1.82) is 0 Å². The molecule has 0 aliphatic rings. The molecule has 2 N–H and O–H groups in total. The van der Waals surface area contributed by atoms with Crippen LogP contribution in [0.1, 0.15) is 16.7 Å². The van der Waals surface area contributed by atoms with Crippen LogP contribution in [0.25, 0.3) is 0 Å². The molecule has 0 fully saturated rings. The van der Waals surface area contributed by atoms with E-state index in [1.165, 1.54) is 11.1 Å². The number of rotatable bonds is 6. The van der Waals surface area contributed by atoms with Gasteiger partial charge >= 0.3 is 0 Å². The van der Waals surface area contributed by atoms with Gasteiger partial charge in [-0.15, -0.1) is 0 Å². The van der Waals surface area contributed by atoms with E-state index in [-0.39, 0.29) is 5.75 Å². The number of ether oxygens (including phenoxy) is 1. The number of aryl methyl sites for hydroxylation is 1. The van der Waals surface area contributed by atoms with Gasteiger partial charge < -0.3 is 15.2 Å². The van der Waals surface area contributed by atoms with Crippen LogP contribution in [0.3, 0.4) is 0 Å². The number of hydrogen-bond donors (Lipinski definition) is 2. The number of aromatic hydroxyl groups is 1. The molecular weight excluding hydrogens is 250 g/mol. The molecule has 3 nitrogen and oxygen atoms in total. The number of nitrogens with one attached hydrogen (secondary N) is 1. The van der Waals surface area contributed by atoms with Crippen molar-refractivity contribution in [2.24, 2.45) is 0 Å². The zero-order chi connectivity index (χ0) is 14.4. The first-order valence-electron chi connectivity index (χ1n) is 6.81. The van der Waals surface area contributed by atoms with Crippen LogP contribution < -0.4 is 10.1 Å². The Morgan fingerprint density at radius 3 is 2.65 bits per heavy atom.